The maximum absolute atomic E-state index is 9.31. The van der Waals surface area contributed by atoms with Crippen molar-refractivity contribution < 1.29 is 9.47 Å². The minimum Gasteiger partial charge on any atom is -0.497 e. The van der Waals surface area contributed by atoms with Gasteiger partial charge in [0.25, 0.3) is 0 Å². The first-order valence-corrected chi connectivity index (χ1v) is 6.68. The lowest BCUT2D eigenvalue weighted by atomic mass is 9.99. The molecule has 0 spiro atoms. The third-order valence-corrected chi connectivity index (χ3v) is 3.95. The molecule has 0 saturated heterocycles. The van der Waals surface area contributed by atoms with E-state index < -0.39 is 0 Å². The molecule has 0 aliphatic rings. The van der Waals surface area contributed by atoms with Crippen LogP contribution in [0.25, 0.3) is 21.8 Å². The molecule has 0 unspecified atom stereocenters. The molecule has 21 heavy (non-hydrogen) atoms. The van der Waals surface area contributed by atoms with Crippen molar-refractivity contribution in [2.24, 2.45) is 0 Å². The molecule has 4 nitrogen and oxygen atoms in total. The second-order valence-electron chi connectivity index (χ2n) is 5.11. The SMILES string of the molecule is COc1cc(OC)c2c(c1)[nH]c1c(C)cc(C#N)c(C)c12. The van der Waals surface area contributed by atoms with E-state index in [4.69, 9.17) is 9.47 Å². The first kappa shape index (κ1) is 13.3. The normalized spacial score (nSPS) is 10.8. The number of nitrogens with one attached hydrogen (secondary N) is 1. The van der Waals surface area contributed by atoms with Crippen molar-refractivity contribution in [1.82, 2.24) is 4.98 Å². The Balaban J connectivity index is 2.57. The van der Waals surface area contributed by atoms with E-state index in [9.17, 15) is 5.26 Å². The molecule has 1 heterocycles. The second-order valence-corrected chi connectivity index (χ2v) is 5.11. The Labute approximate surface area is 122 Å². The molecule has 0 aliphatic heterocycles. The largest absolute Gasteiger partial charge is 0.497 e. The molecule has 106 valence electrons. The second kappa shape index (κ2) is 4.71. The number of methoxy groups -OCH3 is 2. The molecule has 2 aromatic carbocycles. The monoisotopic (exact) mass is 280 g/mol. The van der Waals surface area contributed by atoms with Gasteiger partial charge in [0.15, 0.2) is 0 Å². The Bertz CT molecular complexity index is 901. The minimum absolute atomic E-state index is 0.693. The summed E-state index contributed by atoms with van der Waals surface area (Å²) in [6.45, 7) is 3.97. The molecule has 0 fully saturated rings. The van der Waals surface area contributed by atoms with Crippen LogP contribution in [-0.2, 0) is 0 Å². The fourth-order valence-corrected chi connectivity index (χ4v) is 2.87. The number of nitrogens with zero attached hydrogens (tertiary/aromatic N) is 1. The van der Waals surface area contributed by atoms with Gasteiger partial charge in [-0.05, 0) is 31.0 Å². The van der Waals surface area contributed by atoms with Gasteiger partial charge in [-0.3, -0.25) is 0 Å². The molecule has 0 atom stereocenters. The molecule has 1 N–H and O–H groups in total. The van der Waals surface area contributed by atoms with Crippen molar-refractivity contribution in [3.8, 4) is 17.6 Å². The number of aryl methyl sites for hydroxylation is 2. The average molecular weight is 280 g/mol. The quantitative estimate of drug-likeness (QED) is 0.776. The fourth-order valence-electron chi connectivity index (χ4n) is 2.87. The van der Waals surface area contributed by atoms with Gasteiger partial charge in [-0.2, -0.15) is 5.26 Å². The van der Waals surface area contributed by atoms with Crippen LogP contribution in [0.1, 0.15) is 16.7 Å². The van der Waals surface area contributed by atoms with E-state index in [1.165, 1.54) is 0 Å². The van der Waals surface area contributed by atoms with Crippen molar-refractivity contribution in [2.75, 3.05) is 14.2 Å². The molecule has 3 rings (SSSR count). The number of benzene rings is 2. The van der Waals surface area contributed by atoms with Gasteiger partial charge in [0.05, 0.1) is 31.4 Å². The maximum atomic E-state index is 9.31. The summed E-state index contributed by atoms with van der Waals surface area (Å²) in [5.41, 5.74) is 4.69. The molecule has 0 amide bonds. The Morgan fingerprint density at radius 2 is 1.81 bits per heavy atom. The summed E-state index contributed by atoms with van der Waals surface area (Å²) in [6.07, 6.45) is 0. The third kappa shape index (κ3) is 1.82. The van der Waals surface area contributed by atoms with Crippen molar-refractivity contribution in [3.63, 3.8) is 0 Å². The van der Waals surface area contributed by atoms with E-state index in [2.05, 4.69) is 11.1 Å². The molecular formula is C17H16N2O2. The lowest BCUT2D eigenvalue weighted by Gasteiger charge is -2.08. The lowest BCUT2D eigenvalue weighted by Crippen LogP contribution is -1.89. The Morgan fingerprint density at radius 1 is 1.05 bits per heavy atom. The number of nitriles is 1. The molecule has 1 aromatic heterocycles. The molecule has 3 aromatic rings. The average Bonchev–Trinajstić information content (AvgIpc) is 2.89. The third-order valence-electron chi connectivity index (χ3n) is 3.95. The number of aromatic nitrogens is 1. The summed E-state index contributed by atoms with van der Waals surface area (Å²) in [6, 6.07) is 7.99. The number of ether oxygens (including phenoxy) is 2. The van der Waals surface area contributed by atoms with E-state index in [-0.39, 0.29) is 0 Å². The van der Waals surface area contributed by atoms with E-state index in [1.54, 1.807) is 14.2 Å². The highest BCUT2D eigenvalue weighted by molar-refractivity contribution is 6.13. The highest BCUT2D eigenvalue weighted by atomic mass is 16.5. The number of H-pyrrole nitrogens is 1. The molecule has 0 aliphatic carbocycles. The van der Waals surface area contributed by atoms with E-state index >= 15 is 0 Å². The highest BCUT2D eigenvalue weighted by Gasteiger charge is 2.17. The van der Waals surface area contributed by atoms with Gasteiger partial charge in [-0.25, -0.2) is 0 Å². The molecule has 4 heteroatoms. The first-order chi connectivity index (χ1) is 10.1. The van der Waals surface area contributed by atoms with Crippen molar-refractivity contribution in [2.45, 2.75) is 13.8 Å². The van der Waals surface area contributed by atoms with E-state index in [0.717, 1.165) is 44.4 Å². The summed E-state index contributed by atoms with van der Waals surface area (Å²) in [5.74, 6) is 1.48. The van der Waals surface area contributed by atoms with Crippen LogP contribution >= 0.6 is 0 Å². The zero-order valence-corrected chi connectivity index (χ0v) is 12.5. The predicted octanol–water partition coefficient (Wildman–Crippen LogP) is 3.83. The summed E-state index contributed by atoms with van der Waals surface area (Å²) in [7, 11) is 3.27. The lowest BCUT2D eigenvalue weighted by molar-refractivity contribution is 0.398. The van der Waals surface area contributed by atoms with Gasteiger partial charge in [0, 0.05) is 28.4 Å². The Morgan fingerprint density at radius 3 is 2.43 bits per heavy atom. The summed E-state index contributed by atoms with van der Waals surface area (Å²) < 4.78 is 10.8. The molecule has 0 radical (unpaired) electrons. The molecule has 0 saturated carbocycles. The van der Waals surface area contributed by atoms with Gasteiger partial charge >= 0.3 is 0 Å². The molecular weight excluding hydrogens is 264 g/mol. The Kier molecular flexibility index (Phi) is 2.99. The predicted molar refractivity (Wildman–Crippen MR) is 83.1 cm³/mol. The fraction of sp³-hybridized carbons (Fsp3) is 0.235. The number of rotatable bonds is 2. The van der Waals surface area contributed by atoms with Crippen LogP contribution in [0.5, 0.6) is 11.5 Å². The summed E-state index contributed by atoms with van der Waals surface area (Å²) in [5, 5.41) is 11.3. The zero-order chi connectivity index (χ0) is 15.1. The van der Waals surface area contributed by atoms with Crippen molar-refractivity contribution in [1.29, 1.82) is 5.26 Å². The van der Waals surface area contributed by atoms with Gasteiger partial charge in [-0.15, -0.1) is 0 Å². The smallest absolute Gasteiger partial charge is 0.132 e. The van der Waals surface area contributed by atoms with Crippen LogP contribution in [-0.4, -0.2) is 19.2 Å². The number of aromatic amines is 1. The van der Waals surface area contributed by atoms with Crippen LogP contribution in [0.2, 0.25) is 0 Å². The van der Waals surface area contributed by atoms with Gasteiger partial charge in [0.1, 0.15) is 11.5 Å². The number of hydrogen-bond acceptors (Lipinski definition) is 3. The minimum atomic E-state index is 0.693. The van der Waals surface area contributed by atoms with Crippen LogP contribution in [0.4, 0.5) is 0 Å². The maximum Gasteiger partial charge on any atom is 0.132 e. The first-order valence-electron chi connectivity index (χ1n) is 6.68. The standard InChI is InChI=1S/C17H16N2O2/c1-9-5-11(8-18)10(2)15-16-13(19-17(9)15)6-12(20-3)7-14(16)21-4/h5-7,19H,1-4H3. The van der Waals surface area contributed by atoms with Crippen LogP contribution in [0.3, 0.4) is 0 Å². The highest BCUT2D eigenvalue weighted by Crippen LogP contribution is 2.39. The number of fused-ring (bicyclic) bond motifs is 3. The van der Waals surface area contributed by atoms with Crippen LogP contribution in [0, 0.1) is 25.2 Å². The van der Waals surface area contributed by atoms with Crippen molar-refractivity contribution in [3.05, 3.63) is 34.9 Å². The van der Waals surface area contributed by atoms with E-state index in [1.807, 2.05) is 32.0 Å². The van der Waals surface area contributed by atoms with Gasteiger partial charge < -0.3 is 14.5 Å². The van der Waals surface area contributed by atoms with Crippen LogP contribution < -0.4 is 9.47 Å². The number of hydrogen-bond donors (Lipinski definition) is 1. The zero-order valence-electron chi connectivity index (χ0n) is 12.5. The van der Waals surface area contributed by atoms with Crippen LogP contribution in [0.15, 0.2) is 18.2 Å². The summed E-state index contributed by atoms with van der Waals surface area (Å²) in [4.78, 5) is 3.42. The topological polar surface area (TPSA) is 58.0 Å². The van der Waals surface area contributed by atoms with E-state index in [0.29, 0.717) is 5.56 Å². The Hall–Kier alpha value is -2.67. The van der Waals surface area contributed by atoms with Crippen molar-refractivity contribution >= 4 is 21.8 Å². The molecule has 0 bridgehead atoms. The summed E-state index contributed by atoms with van der Waals surface area (Å²) >= 11 is 0. The van der Waals surface area contributed by atoms with Gasteiger partial charge in [0.2, 0.25) is 0 Å². The van der Waals surface area contributed by atoms with Gasteiger partial charge in [-0.1, -0.05) is 0 Å².